The number of anilines is 1. The molecule has 0 atom stereocenters. The largest absolute Gasteiger partial charge is 0.380 e. The van der Waals surface area contributed by atoms with E-state index >= 15 is 0 Å². The van der Waals surface area contributed by atoms with Gasteiger partial charge in [-0.25, -0.2) is 4.39 Å². The van der Waals surface area contributed by atoms with Crippen LogP contribution in [-0.4, -0.2) is 0 Å². The molecule has 17 heavy (non-hydrogen) atoms. The van der Waals surface area contributed by atoms with E-state index in [2.05, 4.69) is 11.4 Å². The van der Waals surface area contributed by atoms with E-state index in [1.807, 2.05) is 18.4 Å². The van der Waals surface area contributed by atoms with Crippen molar-refractivity contribution in [1.29, 1.82) is 5.26 Å². The summed E-state index contributed by atoms with van der Waals surface area (Å²) in [5.41, 5.74) is 2.47. The number of hydrogen-bond acceptors (Lipinski definition) is 3. The number of hydrogen-bond donors (Lipinski definition) is 1. The summed E-state index contributed by atoms with van der Waals surface area (Å²) in [5, 5.41) is 13.8. The number of nitriles is 1. The zero-order valence-corrected chi connectivity index (χ0v) is 10.1. The van der Waals surface area contributed by atoms with Crippen LogP contribution in [0.4, 0.5) is 10.1 Å². The molecule has 0 amide bonds. The van der Waals surface area contributed by atoms with Gasteiger partial charge in [-0.2, -0.15) is 5.26 Å². The highest BCUT2D eigenvalue weighted by molar-refractivity contribution is 7.10. The lowest BCUT2D eigenvalue weighted by molar-refractivity contribution is 0.627. The molecular weight excluding hydrogens is 235 g/mol. The molecule has 0 spiro atoms. The minimum atomic E-state index is -0.226. The Balaban J connectivity index is 2.05. The van der Waals surface area contributed by atoms with E-state index in [-0.39, 0.29) is 5.82 Å². The average molecular weight is 246 g/mol. The molecule has 0 fully saturated rings. The monoisotopic (exact) mass is 246 g/mol. The lowest BCUT2D eigenvalue weighted by atomic mass is 10.2. The van der Waals surface area contributed by atoms with E-state index < -0.39 is 0 Å². The van der Waals surface area contributed by atoms with Crippen molar-refractivity contribution in [1.82, 2.24) is 0 Å². The van der Waals surface area contributed by atoms with E-state index in [9.17, 15) is 4.39 Å². The fourth-order valence-corrected chi connectivity index (χ4v) is 2.29. The van der Waals surface area contributed by atoms with Gasteiger partial charge < -0.3 is 5.32 Å². The molecule has 0 aliphatic heterocycles. The summed E-state index contributed by atoms with van der Waals surface area (Å²) < 4.78 is 12.9. The van der Waals surface area contributed by atoms with E-state index in [0.29, 0.717) is 12.1 Å². The number of benzene rings is 1. The van der Waals surface area contributed by atoms with Crippen molar-refractivity contribution < 1.29 is 4.39 Å². The van der Waals surface area contributed by atoms with Crippen molar-refractivity contribution in [3.8, 4) is 6.07 Å². The quantitative estimate of drug-likeness (QED) is 0.896. The number of rotatable bonds is 3. The molecule has 1 aromatic heterocycles. The molecule has 0 unspecified atom stereocenters. The van der Waals surface area contributed by atoms with Crippen molar-refractivity contribution in [3.63, 3.8) is 0 Å². The lowest BCUT2D eigenvalue weighted by Gasteiger charge is -2.08. The van der Waals surface area contributed by atoms with Crippen LogP contribution in [0.5, 0.6) is 0 Å². The topological polar surface area (TPSA) is 35.8 Å². The Morgan fingerprint density at radius 2 is 2.24 bits per heavy atom. The summed E-state index contributed by atoms with van der Waals surface area (Å²) in [4.78, 5) is 1.09. The number of nitrogens with one attached hydrogen (secondary N) is 1. The minimum Gasteiger partial charge on any atom is -0.380 e. The molecule has 2 nitrogen and oxygen atoms in total. The van der Waals surface area contributed by atoms with Crippen LogP contribution in [0.2, 0.25) is 0 Å². The second-order valence-electron chi connectivity index (χ2n) is 3.73. The summed E-state index contributed by atoms with van der Waals surface area (Å²) >= 11 is 1.54. The Morgan fingerprint density at radius 3 is 2.88 bits per heavy atom. The smallest absolute Gasteiger partial charge is 0.123 e. The normalized spacial score (nSPS) is 9.94. The van der Waals surface area contributed by atoms with Crippen molar-refractivity contribution in [2.45, 2.75) is 13.5 Å². The number of thiophene rings is 1. The number of halogens is 1. The van der Waals surface area contributed by atoms with Crippen LogP contribution in [0.25, 0.3) is 0 Å². The van der Waals surface area contributed by atoms with Crippen molar-refractivity contribution in [2.24, 2.45) is 0 Å². The van der Waals surface area contributed by atoms with Gasteiger partial charge in [0.1, 0.15) is 11.9 Å². The summed E-state index contributed by atoms with van der Waals surface area (Å²) in [7, 11) is 0. The van der Waals surface area contributed by atoms with Gasteiger partial charge in [-0.05, 0) is 36.8 Å². The fourth-order valence-electron chi connectivity index (χ4n) is 1.54. The van der Waals surface area contributed by atoms with E-state index in [0.717, 1.165) is 16.1 Å². The zero-order chi connectivity index (χ0) is 12.3. The first-order valence-electron chi connectivity index (χ1n) is 5.16. The van der Waals surface area contributed by atoms with Gasteiger partial charge in [0.15, 0.2) is 0 Å². The van der Waals surface area contributed by atoms with Crippen molar-refractivity contribution >= 4 is 17.0 Å². The van der Waals surface area contributed by atoms with Crippen LogP contribution < -0.4 is 5.32 Å². The van der Waals surface area contributed by atoms with Crippen LogP contribution in [-0.2, 0) is 6.54 Å². The third-order valence-electron chi connectivity index (χ3n) is 2.42. The number of aryl methyl sites for hydroxylation is 1. The van der Waals surface area contributed by atoms with Gasteiger partial charge in [-0.15, -0.1) is 11.3 Å². The van der Waals surface area contributed by atoms with Gasteiger partial charge >= 0.3 is 0 Å². The Labute approximate surface area is 103 Å². The Hall–Kier alpha value is -1.86. The maximum absolute atomic E-state index is 12.9. The summed E-state index contributed by atoms with van der Waals surface area (Å²) in [6.07, 6.45) is 0. The Morgan fingerprint density at radius 1 is 1.41 bits per heavy atom. The molecule has 86 valence electrons. The van der Waals surface area contributed by atoms with Crippen LogP contribution in [0, 0.1) is 24.1 Å². The molecule has 0 aliphatic carbocycles. The first kappa shape index (κ1) is 11.6. The third kappa shape index (κ3) is 2.83. The van der Waals surface area contributed by atoms with E-state index in [1.165, 1.54) is 12.1 Å². The van der Waals surface area contributed by atoms with E-state index in [4.69, 9.17) is 5.26 Å². The maximum atomic E-state index is 12.9. The summed E-state index contributed by atoms with van der Waals surface area (Å²) in [5.74, 6) is -0.226. The van der Waals surface area contributed by atoms with Gasteiger partial charge in [0.25, 0.3) is 0 Å². The molecule has 2 aromatic rings. The van der Waals surface area contributed by atoms with Gasteiger partial charge in [-0.1, -0.05) is 0 Å². The van der Waals surface area contributed by atoms with Crippen LogP contribution in [0.1, 0.15) is 16.0 Å². The Bertz CT molecular complexity index is 569. The second kappa shape index (κ2) is 4.98. The minimum absolute atomic E-state index is 0.226. The van der Waals surface area contributed by atoms with Gasteiger partial charge in [0.05, 0.1) is 5.56 Å². The first-order valence-corrected chi connectivity index (χ1v) is 6.04. The maximum Gasteiger partial charge on any atom is 0.123 e. The SMILES string of the molecule is Cc1cc(F)ccc1NCc1cc(C#N)cs1. The highest BCUT2D eigenvalue weighted by Gasteiger charge is 2.02. The van der Waals surface area contributed by atoms with Crippen molar-refractivity contribution in [2.75, 3.05) is 5.32 Å². The van der Waals surface area contributed by atoms with Crippen LogP contribution in [0.15, 0.2) is 29.6 Å². The predicted octanol–water partition coefficient (Wildman–Crippen LogP) is 3.68. The standard InChI is InChI=1S/C13H11FN2S/c1-9-4-11(14)2-3-13(9)16-7-12-5-10(6-15)8-17-12/h2-5,8,16H,7H2,1H3. The Kier molecular flexibility index (Phi) is 3.40. The first-order chi connectivity index (χ1) is 8.19. The molecule has 0 bridgehead atoms. The highest BCUT2D eigenvalue weighted by Crippen LogP contribution is 2.19. The molecule has 0 saturated carbocycles. The third-order valence-corrected chi connectivity index (χ3v) is 3.36. The molecule has 1 heterocycles. The lowest BCUT2D eigenvalue weighted by Crippen LogP contribution is -1.99. The van der Waals surface area contributed by atoms with Gasteiger partial charge in [0.2, 0.25) is 0 Å². The number of nitrogens with zero attached hydrogens (tertiary/aromatic N) is 1. The molecule has 1 aromatic carbocycles. The molecular formula is C13H11FN2S. The molecule has 0 aliphatic rings. The molecule has 0 saturated heterocycles. The molecule has 1 N–H and O–H groups in total. The molecule has 4 heteroatoms. The average Bonchev–Trinajstić information content (AvgIpc) is 2.76. The van der Waals surface area contributed by atoms with Crippen LogP contribution in [0.3, 0.4) is 0 Å². The highest BCUT2D eigenvalue weighted by atomic mass is 32.1. The fraction of sp³-hybridized carbons (Fsp3) is 0.154. The predicted molar refractivity (Wildman–Crippen MR) is 67.5 cm³/mol. The van der Waals surface area contributed by atoms with Crippen LogP contribution >= 0.6 is 11.3 Å². The summed E-state index contributed by atoms with van der Waals surface area (Å²) in [6.45, 7) is 2.51. The molecule has 0 radical (unpaired) electrons. The van der Waals surface area contributed by atoms with E-state index in [1.54, 1.807) is 17.4 Å². The molecule has 2 rings (SSSR count). The van der Waals surface area contributed by atoms with Crippen molar-refractivity contribution in [3.05, 3.63) is 51.5 Å². The van der Waals surface area contributed by atoms with Gasteiger partial charge in [0, 0.05) is 22.5 Å². The summed E-state index contributed by atoms with van der Waals surface area (Å²) in [6, 6.07) is 8.61. The van der Waals surface area contributed by atoms with Gasteiger partial charge in [-0.3, -0.25) is 0 Å². The second-order valence-corrected chi connectivity index (χ2v) is 4.72. The zero-order valence-electron chi connectivity index (χ0n) is 9.33.